The molecule has 3 rings (SSSR count). The molecule has 3 aromatic rings. The first-order valence-electron chi connectivity index (χ1n) is 6.28. The van der Waals surface area contributed by atoms with Gasteiger partial charge in [0.1, 0.15) is 0 Å². The zero-order valence-electron chi connectivity index (χ0n) is 11.1. The Labute approximate surface area is 129 Å². The van der Waals surface area contributed by atoms with Crippen molar-refractivity contribution in [2.45, 2.75) is 24.3 Å². The molecule has 0 aliphatic heterocycles. The Balaban J connectivity index is 1.67. The Morgan fingerprint density at radius 1 is 1.29 bits per heavy atom. The summed E-state index contributed by atoms with van der Waals surface area (Å²) in [5, 5.41) is 12.9. The van der Waals surface area contributed by atoms with E-state index in [1.54, 1.807) is 12.1 Å². The fourth-order valence-electron chi connectivity index (χ4n) is 1.62. The average Bonchev–Trinajstić information content (AvgIpc) is 3.14. The zero-order chi connectivity index (χ0) is 14.7. The van der Waals surface area contributed by atoms with Crippen molar-refractivity contribution in [2.75, 3.05) is 0 Å². The second-order valence-corrected chi connectivity index (χ2v) is 5.49. The minimum atomic E-state index is 0.430. The molecule has 8 heteroatoms. The molecule has 1 aromatic carbocycles. The van der Waals surface area contributed by atoms with Crippen LogP contribution in [0.25, 0.3) is 11.5 Å². The minimum Gasteiger partial charge on any atom is -0.411 e. The number of aromatic nitrogens is 4. The molecule has 0 amide bonds. The molecule has 21 heavy (non-hydrogen) atoms. The van der Waals surface area contributed by atoms with Gasteiger partial charge in [-0.15, -0.1) is 10.2 Å². The van der Waals surface area contributed by atoms with Crippen LogP contribution >= 0.6 is 23.4 Å². The maximum absolute atomic E-state index is 5.94. The van der Waals surface area contributed by atoms with Crippen LogP contribution in [0, 0.1) is 0 Å². The first-order valence-corrected chi connectivity index (χ1v) is 7.64. The van der Waals surface area contributed by atoms with Crippen LogP contribution in [0.15, 0.2) is 38.4 Å². The smallest absolute Gasteiger partial charge is 0.277 e. The van der Waals surface area contributed by atoms with Gasteiger partial charge in [0, 0.05) is 17.0 Å². The van der Waals surface area contributed by atoms with E-state index >= 15 is 0 Å². The average molecular weight is 323 g/mol. The van der Waals surface area contributed by atoms with Crippen LogP contribution in [0.4, 0.5) is 0 Å². The Kier molecular flexibility index (Phi) is 4.21. The molecule has 0 atom stereocenters. The highest BCUT2D eigenvalue weighted by atomic mass is 35.5. The first kappa shape index (κ1) is 14.1. The fraction of sp³-hybridized carbons (Fsp3) is 0.231. The lowest BCUT2D eigenvalue weighted by Crippen LogP contribution is -1.84. The predicted octanol–water partition coefficient (Wildman–Crippen LogP) is 3.63. The number of rotatable bonds is 5. The van der Waals surface area contributed by atoms with Gasteiger partial charge in [-0.25, -0.2) is 0 Å². The van der Waals surface area contributed by atoms with Gasteiger partial charge in [0.2, 0.25) is 11.8 Å². The zero-order valence-corrected chi connectivity index (χ0v) is 12.7. The van der Waals surface area contributed by atoms with E-state index in [0.29, 0.717) is 33.6 Å². The summed E-state index contributed by atoms with van der Waals surface area (Å²) in [6.45, 7) is 1.97. The van der Waals surface area contributed by atoms with Crippen LogP contribution in [0.1, 0.15) is 18.6 Å². The topological polar surface area (TPSA) is 77.8 Å². The van der Waals surface area contributed by atoms with E-state index in [2.05, 4.69) is 20.3 Å². The normalized spacial score (nSPS) is 11.0. The highest BCUT2D eigenvalue weighted by Gasteiger charge is 2.12. The van der Waals surface area contributed by atoms with E-state index in [1.165, 1.54) is 11.8 Å². The maximum Gasteiger partial charge on any atom is 0.277 e. The summed E-state index contributed by atoms with van der Waals surface area (Å²) in [6, 6.07) is 7.26. The quantitative estimate of drug-likeness (QED) is 0.664. The molecule has 0 saturated carbocycles. The molecule has 2 heterocycles. The second-order valence-electron chi connectivity index (χ2n) is 4.13. The molecule has 0 fully saturated rings. The molecular weight excluding hydrogens is 312 g/mol. The Morgan fingerprint density at radius 3 is 2.95 bits per heavy atom. The van der Waals surface area contributed by atoms with Crippen molar-refractivity contribution in [3.8, 4) is 11.5 Å². The van der Waals surface area contributed by atoms with Gasteiger partial charge in [-0.05, 0) is 18.2 Å². The van der Waals surface area contributed by atoms with Crippen LogP contribution in [0.3, 0.4) is 0 Å². The van der Waals surface area contributed by atoms with Gasteiger partial charge in [-0.3, -0.25) is 0 Å². The van der Waals surface area contributed by atoms with E-state index in [1.807, 2.05) is 19.1 Å². The molecule has 0 spiro atoms. The maximum atomic E-state index is 5.94. The van der Waals surface area contributed by atoms with Crippen LogP contribution in [0.2, 0.25) is 5.02 Å². The summed E-state index contributed by atoms with van der Waals surface area (Å²) in [7, 11) is 0. The lowest BCUT2D eigenvalue weighted by atomic mass is 10.2. The Bertz CT molecular complexity index is 743. The number of nitrogens with zero attached hydrogens (tertiary/aromatic N) is 4. The lowest BCUT2D eigenvalue weighted by Gasteiger charge is -1.94. The molecular formula is C13H11ClN4O2S. The highest BCUT2D eigenvalue weighted by Crippen LogP contribution is 2.26. The van der Waals surface area contributed by atoms with Gasteiger partial charge >= 0.3 is 0 Å². The summed E-state index contributed by atoms with van der Waals surface area (Å²) in [5.74, 6) is 2.15. The molecule has 0 unspecified atom stereocenters. The predicted molar refractivity (Wildman–Crippen MR) is 78.0 cm³/mol. The molecule has 6 nitrogen and oxygen atoms in total. The number of benzene rings is 1. The third-order valence-corrected chi connectivity index (χ3v) is 3.66. The van der Waals surface area contributed by atoms with Gasteiger partial charge in [-0.2, -0.15) is 4.98 Å². The number of halogens is 1. The molecule has 0 aliphatic rings. The number of hydrogen-bond acceptors (Lipinski definition) is 7. The molecule has 0 saturated heterocycles. The SMILES string of the molecule is CCc1noc(CSc2nnc(-c3cccc(Cl)c3)o2)n1. The summed E-state index contributed by atoms with van der Waals surface area (Å²) in [6.07, 6.45) is 0.744. The molecule has 2 aromatic heterocycles. The van der Waals surface area contributed by atoms with Gasteiger partial charge in [0.25, 0.3) is 5.22 Å². The van der Waals surface area contributed by atoms with Crippen molar-refractivity contribution in [3.63, 3.8) is 0 Å². The molecule has 0 radical (unpaired) electrons. The van der Waals surface area contributed by atoms with E-state index in [-0.39, 0.29) is 0 Å². The summed E-state index contributed by atoms with van der Waals surface area (Å²) >= 11 is 7.28. The number of aryl methyl sites for hydroxylation is 1. The first-order chi connectivity index (χ1) is 10.2. The third-order valence-electron chi connectivity index (χ3n) is 2.62. The van der Waals surface area contributed by atoms with Gasteiger partial charge < -0.3 is 8.94 Å². The molecule has 0 bridgehead atoms. The monoisotopic (exact) mass is 322 g/mol. The standard InChI is InChI=1S/C13H11ClN4O2S/c1-2-10-15-11(20-18-10)7-21-13-17-16-12(19-13)8-4-3-5-9(14)6-8/h3-6H,2,7H2,1H3. The van der Waals surface area contributed by atoms with Crippen LogP contribution in [-0.4, -0.2) is 20.3 Å². The fourth-order valence-corrected chi connectivity index (χ4v) is 2.41. The third kappa shape index (κ3) is 3.43. The van der Waals surface area contributed by atoms with Gasteiger partial charge in [0.05, 0.1) is 5.75 Å². The lowest BCUT2D eigenvalue weighted by molar-refractivity contribution is 0.384. The number of thioether (sulfide) groups is 1. The van der Waals surface area contributed by atoms with E-state index in [4.69, 9.17) is 20.5 Å². The van der Waals surface area contributed by atoms with E-state index in [9.17, 15) is 0 Å². The molecule has 0 aliphatic carbocycles. The van der Waals surface area contributed by atoms with Crippen molar-refractivity contribution in [1.82, 2.24) is 20.3 Å². The largest absolute Gasteiger partial charge is 0.411 e. The molecule has 0 N–H and O–H groups in total. The Morgan fingerprint density at radius 2 is 2.19 bits per heavy atom. The number of hydrogen-bond donors (Lipinski definition) is 0. The van der Waals surface area contributed by atoms with Crippen LogP contribution < -0.4 is 0 Å². The van der Waals surface area contributed by atoms with E-state index < -0.39 is 0 Å². The summed E-state index contributed by atoms with van der Waals surface area (Å²) in [5.41, 5.74) is 0.785. The van der Waals surface area contributed by atoms with Crippen LogP contribution in [-0.2, 0) is 12.2 Å². The Hall–Kier alpha value is -1.86. The molecule has 108 valence electrons. The summed E-state index contributed by atoms with van der Waals surface area (Å²) < 4.78 is 10.7. The van der Waals surface area contributed by atoms with Crippen molar-refractivity contribution in [1.29, 1.82) is 0 Å². The van der Waals surface area contributed by atoms with Gasteiger partial charge in [-0.1, -0.05) is 41.5 Å². The second kappa shape index (κ2) is 6.28. The van der Waals surface area contributed by atoms with Crippen molar-refractivity contribution in [2.24, 2.45) is 0 Å². The van der Waals surface area contributed by atoms with Gasteiger partial charge in [0.15, 0.2) is 5.82 Å². The summed E-state index contributed by atoms with van der Waals surface area (Å²) in [4.78, 5) is 4.21. The van der Waals surface area contributed by atoms with Crippen molar-refractivity contribution in [3.05, 3.63) is 41.0 Å². The van der Waals surface area contributed by atoms with E-state index in [0.717, 1.165) is 12.0 Å². The van der Waals surface area contributed by atoms with Crippen molar-refractivity contribution >= 4 is 23.4 Å². The minimum absolute atomic E-state index is 0.430. The van der Waals surface area contributed by atoms with Crippen LogP contribution in [0.5, 0.6) is 0 Å². The highest BCUT2D eigenvalue weighted by molar-refractivity contribution is 7.98. The van der Waals surface area contributed by atoms with Crippen molar-refractivity contribution < 1.29 is 8.94 Å².